The molecule has 0 aliphatic carbocycles. The highest BCUT2D eigenvalue weighted by Crippen LogP contribution is 2.27. The number of rotatable bonds is 1. The number of anilines is 1. The summed E-state index contributed by atoms with van der Waals surface area (Å²) in [5.74, 6) is 0. The van der Waals surface area contributed by atoms with E-state index >= 15 is 0 Å². The number of benzene rings is 2. The molecule has 3 heteroatoms. The lowest BCUT2D eigenvalue weighted by Crippen LogP contribution is -2.36. The molecule has 0 unspecified atom stereocenters. The average molecular weight is 264 g/mol. The molecule has 1 fully saturated rings. The summed E-state index contributed by atoms with van der Waals surface area (Å²) in [5, 5.41) is 3.69. The Labute approximate surface area is 117 Å². The predicted molar refractivity (Wildman–Crippen MR) is 82.3 cm³/mol. The van der Waals surface area contributed by atoms with E-state index in [2.05, 4.69) is 52.3 Å². The lowest BCUT2D eigenvalue weighted by Gasteiger charge is -2.29. The van der Waals surface area contributed by atoms with Gasteiger partial charge in [0, 0.05) is 35.7 Å². The lowest BCUT2D eigenvalue weighted by molar-refractivity contribution is 0.122. The Morgan fingerprint density at radius 1 is 0.950 bits per heavy atom. The maximum Gasteiger partial charge on any atom is 0.0729 e. The molecule has 1 aromatic heterocycles. The molecule has 0 radical (unpaired) electrons. The van der Waals surface area contributed by atoms with Crippen molar-refractivity contribution in [1.29, 1.82) is 0 Å². The first-order valence-corrected chi connectivity index (χ1v) is 7.02. The molecule has 0 N–H and O–H groups in total. The van der Waals surface area contributed by atoms with Crippen molar-refractivity contribution in [3.8, 4) is 0 Å². The zero-order valence-electron chi connectivity index (χ0n) is 11.2. The molecular formula is C17H16N2O. The molecule has 0 amide bonds. The molecule has 100 valence electrons. The second kappa shape index (κ2) is 4.76. The van der Waals surface area contributed by atoms with Crippen LogP contribution in [0.25, 0.3) is 21.7 Å². The molecule has 20 heavy (non-hydrogen) atoms. The van der Waals surface area contributed by atoms with Crippen LogP contribution in [0.1, 0.15) is 0 Å². The minimum Gasteiger partial charge on any atom is -0.378 e. The fourth-order valence-electron chi connectivity index (χ4n) is 2.87. The number of morpholine rings is 1. The third-order valence-electron chi connectivity index (χ3n) is 3.95. The molecule has 4 rings (SSSR count). The molecule has 1 aliphatic heterocycles. The largest absolute Gasteiger partial charge is 0.378 e. The summed E-state index contributed by atoms with van der Waals surface area (Å²) in [6.45, 7) is 3.53. The normalized spacial score (nSPS) is 15.9. The number of pyridine rings is 1. The second-order valence-electron chi connectivity index (χ2n) is 5.15. The van der Waals surface area contributed by atoms with Crippen LogP contribution in [-0.4, -0.2) is 31.3 Å². The van der Waals surface area contributed by atoms with E-state index in [1.807, 2.05) is 6.20 Å². The topological polar surface area (TPSA) is 25.4 Å². The number of hydrogen-bond acceptors (Lipinski definition) is 3. The van der Waals surface area contributed by atoms with Crippen LogP contribution in [0.4, 0.5) is 5.69 Å². The monoisotopic (exact) mass is 264 g/mol. The first-order valence-electron chi connectivity index (χ1n) is 7.02. The smallest absolute Gasteiger partial charge is 0.0729 e. The fourth-order valence-corrected chi connectivity index (χ4v) is 2.87. The van der Waals surface area contributed by atoms with Crippen LogP contribution in [0.2, 0.25) is 0 Å². The summed E-state index contributed by atoms with van der Waals surface area (Å²) in [6, 6.07) is 15.0. The summed E-state index contributed by atoms with van der Waals surface area (Å²) in [5.41, 5.74) is 2.30. The lowest BCUT2D eigenvalue weighted by atomic mass is 10.1. The summed E-state index contributed by atoms with van der Waals surface area (Å²) in [6.07, 6.45) is 1.96. The van der Waals surface area contributed by atoms with Crippen LogP contribution in [-0.2, 0) is 4.74 Å². The Morgan fingerprint density at radius 2 is 1.80 bits per heavy atom. The van der Waals surface area contributed by atoms with E-state index in [-0.39, 0.29) is 0 Å². The first kappa shape index (κ1) is 11.7. The molecular weight excluding hydrogens is 248 g/mol. The van der Waals surface area contributed by atoms with Gasteiger partial charge in [-0.15, -0.1) is 0 Å². The number of nitrogens with zero attached hydrogens (tertiary/aromatic N) is 2. The van der Waals surface area contributed by atoms with Gasteiger partial charge in [0.1, 0.15) is 0 Å². The zero-order chi connectivity index (χ0) is 13.4. The molecule has 1 aliphatic rings. The maximum atomic E-state index is 5.41. The van der Waals surface area contributed by atoms with Gasteiger partial charge in [0.05, 0.1) is 18.7 Å². The van der Waals surface area contributed by atoms with Gasteiger partial charge < -0.3 is 9.64 Å². The second-order valence-corrected chi connectivity index (χ2v) is 5.15. The van der Waals surface area contributed by atoms with E-state index in [4.69, 9.17) is 4.74 Å². The van der Waals surface area contributed by atoms with E-state index in [1.165, 1.54) is 21.8 Å². The van der Waals surface area contributed by atoms with Gasteiger partial charge in [-0.2, -0.15) is 0 Å². The highest BCUT2D eigenvalue weighted by molar-refractivity contribution is 6.06. The van der Waals surface area contributed by atoms with Gasteiger partial charge in [-0.1, -0.05) is 30.3 Å². The van der Waals surface area contributed by atoms with Crippen molar-refractivity contribution in [3.05, 3.63) is 48.7 Å². The van der Waals surface area contributed by atoms with Gasteiger partial charge in [-0.3, -0.25) is 4.98 Å². The summed E-state index contributed by atoms with van der Waals surface area (Å²) >= 11 is 0. The van der Waals surface area contributed by atoms with Crippen LogP contribution in [0.15, 0.2) is 48.7 Å². The van der Waals surface area contributed by atoms with Gasteiger partial charge in [-0.05, 0) is 17.5 Å². The molecule has 0 atom stereocenters. The minimum atomic E-state index is 0.809. The molecule has 0 saturated carbocycles. The summed E-state index contributed by atoms with van der Waals surface area (Å²) in [7, 11) is 0. The Balaban J connectivity index is 1.85. The fraction of sp³-hybridized carbons (Fsp3) is 0.235. The first-order chi connectivity index (χ1) is 9.92. The van der Waals surface area contributed by atoms with Crippen molar-refractivity contribution in [2.45, 2.75) is 0 Å². The van der Waals surface area contributed by atoms with Crippen LogP contribution in [0.3, 0.4) is 0 Å². The molecule has 0 spiro atoms. The van der Waals surface area contributed by atoms with Crippen LogP contribution in [0, 0.1) is 0 Å². The standard InChI is InChI=1S/C17H16N2O/c1-2-4-15-13(3-1)12-18-17-11-14(5-6-16(15)17)19-7-9-20-10-8-19/h1-6,11-12H,7-10H2. The third kappa shape index (κ3) is 1.91. The number of aromatic nitrogens is 1. The number of ether oxygens (including phenoxy) is 1. The van der Waals surface area contributed by atoms with Crippen molar-refractivity contribution in [2.75, 3.05) is 31.2 Å². The zero-order valence-corrected chi connectivity index (χ0v) is 11.2. The third-order valence-corrected chi connectivity index (χ3v) is 3.95. The van der Waals surface area contributed by atoms with Crippen molar-refractivity contribution in [3.63, 3.8) is 0 Å². The van der Waals surface area contributed by atoms with E-state index < -0.39 is 0 Å². The summed E-state index contributed by atoms with van der Waals surface area (Å²) < 4.78 is 5.41. The van der Waals surface area contributed by atoms with Crippen molar-refractivity contribution in [1.82, 2.24) is 4.98 Å². The quantitative estimate of drug-likeness (QED) is 0.631. The van der Waals surface area contributed by atoms with Gasteiger partial charge in [0.2, 0.25) is 0 Å². The van der Waals surface area contributed by atoms with Gasteiger partial charge in [-0.25, -0.2) is 0 Å². The predicted octanol–water partition coefficient (Wildman–Crippen LogP) is 3.22. The summed E-state index contributed by atoms with van der Waals surface area (Å²) in [4.78, 5) is 6.97. The minimum absolute atomic E-state index is 0.809. The Morgan fingerprint density at radius 3 is 2.70 bits per heavy atom. The van der Waals surface area contributed by atoms with Crippen molar-refractivity contribution in [2.24, 2.45) is 0 Å². The molecule has 0 bridgehead atoms. The molecule has 3 nitrogen and oxygen atoms in total. The highest BCUT2D eigenvalue weighted by Gasteiger charge is 2.12. The number of hydrogen-bond donors (Lipinski definition) is 0. The van der Waals surface area contributed by atoms with Gasteiger partial charge >= 0.3 is 0 Å². The Hall–Kier alpha value is -2.13. The Kier molecular flexibility index (Phi) is 2.78. The molecule has 3 aromatic rings. The van der Waals surface area contributed by atoms with E-state index in [0.29, 0.717) is 0 Å². The van der Waals surface area contributed by atoms with Crippen molar-refractivity contribution < 1.29 is 4.74 Å². The van der Waals surface area contributed by atoms with E-state index in [9.17, 15) is 0 Å². The molecule has 1 saturated heterocycles. The van der Waals surface area contributed by atoms with Crippen LogP contribution in [0.5, 0.6) is 0 Å². The SMILES string of the molecule is c1ccc2c(c1)cnc1cc(N3CCOCC3)ccc12. The van der Waals surface area contributed by atoms with Gasteiger partial charge in [0.15, 0.2) is 0 Å². The maximum absolute atomic E-state index is 5.41. The van der Waals surface area contributed by atoms with Gasteiger partial charge in [0.25, 0.3) is 0 Å². The van der Waals surface area contributed by atoms with Crippen LogP contribution < -0.4 is 4.90 Å². The van der Waals surface area contributed by atoms with E-state index in [1.54, 1.807) is 0 Å². The average Bonchev–Trinajstić information content (AvgIpc) is 2.55. The van der Waals surface area contributed by atoms with Crippen molar-refractivity contribution >= 4 is 27.4 Å². The Bertz CT molecular complexity index is 763. The van der Waals surface area contributed by atoms with Crippen LogP contribution >= 0.6 is 0 Å². The highest BCUT2D eigenvalue weighted by atomic mass is 16.5. The molecule has 2 aromatic carbocycles. The number of fused-ring (bicyclic) bond motifs is 3. The van der Waals surface area contributed by atoms with E-state index in [0.717, 1.165) is 31.8 Å². The molecule has 2 heterocycles.